The summed E-state index contributed by atoms with van der Waals surface area (Å²) >= 11 is 1.71. The fourth-order valence-corrected chi connectivity index (χ4v) is 6.85. The van der Waals surface area contributed by atoms with Crippen LogP contribution >= 0.6 is 11.3 Å². The topological polar surface area (TPSA) is 47.0 Å². The Morgan fingerprint density at radius 2 is 1.92 bits per heavy atom. The van der Waals surface area contributed by atoms with Gasteiger partial charge in [-0.25, -0.2) is 13.4 Å². The molecule has 1 saturated carbocycles. The molecule has 3 nitrogen and oxygen atoms in total. The average Bonchev–Trinajstić information content (AvgIpc) is 3.09. The summed E-state index contributed by atoms with van der Waals surface area (Å²) < 4.78 is 26.2. The summed E-state index contributed by atoms with van der Waals surface area (Å²) in [7, 11) is -2.91. The molecule has 2 aromatic rings. The van der Waals surface area contributed by atoms with Crippen LogP contribution in [-0.4, -0.2) is 24.4 Å². The monoisotopic (exact) mass is 393 g/mol. The van der Waals surface area contributed by atoms with Gasteiger partial charge < -0.3 is 0 Å². The molecule has 5 heteroatoms. The van der Waals surface area contributed by atoms with Gasteiger partial charge in [-0.05, 0) is 68.6 Å². The van der Waals surface area contributed by atoms with Crippen LogP contribution in [0.25, 0.3) is 10.2 Å². The maximum atomic E-state index is 12.5. The van der Waals surface area contributed by atoms with Crippen LogP contribution in [-0.2, 0) is 16.3 Å². The van der Waals surface area contributed by atoms with Gasteiger partial charge >= 0.3 is 0 Å². The molecule has 0 aliphatic heterocycles. The lowest BCUT2D eigenvalue weighted by atomic mass is 9.80. The van der Waals surface area contributed by atoms with E-state index in [0.29, 0.717) is 11.7 Å². The number of hydrogen-bond donors (Lipinski definition) is 0. The molecule has 1 unspecified atom stereocenters. The van der Waals surface area contributed by atoms with Crippen LogP contribution in [0.4, 0.5) is 0 Å². The van der Waals surface area contributed by atoms with Crippen LogP contribution in [0, 0.1) is 11.8 Å². The quantitative estimate of drug-likeness (QED) is 0.583. The lowest BCUT2D eigenvalue weighted by Crippen LogP contribution is -2.28. The van der Waals surface area contributed by atoms with E-state index in [2.05, 4.69) is 30.1 Å². The fourth-order valence-electron chi connectivity index (χ4n) is 4.19. The largest absolute Gasteiger partial charge is 0.245 e. The minimum atomic E-state index is -2.91. The van der Waals surface area contributed by atoms with Crippen molar-refractivity contribution < 1.29 is 8.42 Å². The first kappa shape index (κ1) is 19.8. The van der Waals surface area contributed by atoms with Gasteiger partial charge in [0.2, 0.25) is 0 Å². The van der Waals surface area contributed by atoms with E-state index in [-0.39, 0.29) is 5.25 Å². The van der Waals surface area contributed by atoms with E-state index < -0.39 is 9.84 Å². The normalized spacial score (nSPS) is 22.5. The minimum Gasteiger partial charge on any atom is -0.245 e. The number of aryl methyl sites for hydroxylation is 1. The molecule has 0 amide bonds. The third kappa shape index (κ3) is 5.07. The van der Waals surface area contributed by atoms with E-state index in [9.17, 15) is 8.42 Å². The summed E-state index contributed by atoms with van der Waals surface area (Å²) in [6.45, 7) is 3.94. The van der Waals surface area contributed by atoms with Crippen molar-refractivity contribution in [3.63, 3.8) is 0 Å². The summed E-state index contributed by atoms with van der Waals surface area (Å²) in [5, 5.41) is -0.174. The van der Waals surface area contributed by atoms with Crippen LogP contribution in [0.1, 0.15) is 64.4 Å². The Balaban J connectivity index is 1.45. The van der Waals surface area contributed by atoms with E-state index >= 15 is 0 Å². The first-order chi connectivity index (χ1) is 12.5. The van der Waals surface area contributed by atoms with E-state index in [4.69, 9.17) is 0 Å². The van der Waals surface area contributed by atoms with Crippen LogP contribution in [0.5, 0.6) is 0 Å². The Morgan fingerprint density at radius 3 is 2.65 bits per heavy atom. The molecule has 0 saturated heterocycles. The number of sulfone groups is 1. The Morgan fingerprint density at radius 1 is 1.19 bits per heavy atom. The summed E-state index contributed by atoms with van der Waals surface area (Å²) in [5.74, 6) is 1.53. The summed E-state index contributed by atoms with van der Waals surface area (Å²) in [6.07, 6.45) is 8.61. The first-order valence-electron chi connectivity index (χ1n) is 10.0. The van der Waals surface area contributed by atoms with E-state index in [1.54, 1.807) is 11.3 Å². The Hall–Kier alpha value is -0.940. The molecule has 1 heterocycles. The molecule has 1 fully saturated rings. The van der Waals surface area contributed by atoms with Crippen LogP contribution in [0.3, 0.4) is 0 Å². The number of benzene rings is 1. The molecule has 1 aliphatic carbocycles. The van der Waals surface area contributed by atoms with Gasteiger partial charge in [0.1, 0.15) is 0 Å². The predicted octanol–water partition coefficient (Wildman–Crippen LogP) is 5.64. The molecular formula is C21H31NO2S2. The van der Waals surface area contributed by atoms with E-state index in [1.165, 1.54) is 29.5 Å². The molecule has 1 atom stereocenters. The van der Waals surface area contributed by atoms with Crippen LogP contribution in [0.2, 0.25) is 0 Å². The molecule has 1 aromatic heterocycles. The standard InChI is InChI=1S/C21H31NO2S2/c1-3-4-16(2)26(23,24)14-19-9-6-17(7-10-19)5-8-18-11-12-20-21(13-18)25-15-22-20/h11-13,15-17,19H,3-10,14H2,1-2H3. The first-order valence-corrected chi connectivity index (χ1v) is 12.6. The second-order valence-electron chi connectivity index (χ2n) is 8.01. The van der Waals surface area contributed by atoms with Crippen LogP contribution < -0.4 is 0 Å². The molecule has 1 aliphatic rings. The van der Waals surface area contributed by atoms with Crippen molar-refractivity contribution in [3.8, 4) is 0 Å². The van der Waals surface area contributed by atoms with Gasteiger partial charge in [0, 0.05) is 0 Å². The smallest absolute Gasteiger partial charge is 0.153 e. The van der Waals surface area contributed by atoms with Gasteiger partial charge in [0.05, 0.1) is 26.7 Å². The van der Waals surface area contributed by atoms with Gasteiger partial charge in [-0.15, -0.1) is 11.3 Å². The van der Waals surface area contributed by atoms with Crippen molar-refractivity contribution >= 4 is 31.4 Å². The molecule has 1 aromatic carbocycles. The summed E-state index contributed by atoms with van der Waals surface area (Å²) in [6, 6.07) is 6.61. The molecule has 0 spiro atoms. The lowest BCUT2D eigenvalue weighted by Gasteiger charge is -2.29. The van der Waals surface area contributed by atoms with Gasteiger partial charge in [-0.3, -0.25) is 0 Å². The highest BCUT2D eigenvalue weighted by molar-refractivity contribution is 7.92. The number of rotatable bonds is 8. The lowest BCUT2D eigenvalue weighted by molar-refractivity contribution is 0.278. The molecule has 0 radical (unpaired) electrons. The Labute approximate surface area is 162 Å². The Kier molecular flexibility index (Phi) is 6.73. The zero-order valence-corrected chi connectivity index (χ0v) is 17.6. The highest BCUT2D eigenvalue weighted by Crippen LogP contribution is 2.33. The summed E-state index contributed by atoms with van der Waals surface area (Å²) in [4.78, 5) is 4.34. The second kappa shape index (κ2) is 8.83. The maximum Gasteiger partial charge on any atom is 0.153 e. The van der Waals surface area contributed by atoms with Gasteiger partial charge in [-0.1, -0.05) is 32.3 Å². The third-order valence-corrected chi connectivity index (χ3v) is 9.17. The van der Waals surface area contributed by atoms with Crippen molar-refractivity contribution in [1.29, 1.82) is 0 Å². The summed E-state index contributed by atoms with van der Waals surface area (Å²) in [5.41, 5.74) is 4.41. The highest BCUT2D eigenvalue weighted by atomic mass is 32.2. The number of aromatic nitrogens is 1. The van der Waals surface area contributed by atoms with E-state index in [1.807, 2.05) is 12.4 Å². The van der Waals surface area contributed by atoms with Crippen molar-refractivity contribution in [2.45, 2.75) is 70.5 Å². The van der Waals surface area contributed by atoms with Crippen LogP contribution in [0.15, 0.2) is 23.7 Å². The maximum absolute atomic E-state index is 12.5. The third-order valence-electron chi connectivity index (χ3n) is 5.98. The van der Waals surface area contributed by atoms with Crippen molar-refractivity contribution in [3.05, 3.63) is 29.3 Å². The fraction of sp³-hybridized carbons (Fsp3) is 0.667. The molecule has 0 bridgehead atoms. The number of nitrogens with zero attached hydrogens (tertiary/aromatic N) is 1. The average molecular weight is 394 g/mol. The van der Waals surface area contributed by atoms with Crippen molar-refractivity contribution in [2.24, 2.45) is 11.8 Å². The second-order valence-corrected chi connectivity index (χ2v) is 11.4. The predicted molar refractivity (Wildman–Crippen MR) is 112 cm³/mol. The van der Waals surface area contributed by atoms with Gasteiger partial charge in [0.15, 0.2) is 9.84 Å². The van der Waals surface area contributed by atoms with Crippen molar-refractivity contribution in [2.75, 3.05) is 5.75 Å². The molecule has 26 heavy (non-hydrogen) atoms. The van der Waals surface area contributed by atoms with Gasteiger partial charge in [-0.2, -0.15) is 0 Å². The molecule has 144 valence electrons. The Bertz CT molecular complexity index is 804. The van der Waals surface area contributed by atoms with Gasteiger partial charge in [0.25, 0.3) is 0 Å². The molecular weight excluding hydrogens is 362 g/mol. The number of thiazole rings is 1. The van der Waals surface area contributed by atoms with Crippen molar-refractivity contribution in [1.82, 2.24) is 4.98 Å². The zero-order valence-electron chi connectivity index (χ0n) is 16.0. The SMILES string of the molecule is CCCC(C)S(=O)(=O)CC1CCC(CCc2ccc3ncsc3c2)CC1. The molecule has 0 N–H and O–H groups in total. The minimum absolute atomic E-state index is 0.174. The number of hydrogen-bond acceptors (Lipinski definition) is 4. The van der Waals surface area contributed by atoms with E-state index in [0.717, 1.165) is 43.5 Å². The number of fused-ring (bicyclic) bond motifs is 1. The highest BCUT2D eigenvalue weighted by Gasteiger charge is 2.28. The molecule has 3 rings (SSSR count). The zero-order chi connectivity index (χ0) is 18.6.